The summed E-state index contributed by atoms with van der Waals surface area (Å²) in [6.07, 6.45) is 1.86. The number of rotatable bonds is 12. The minimum Gasteiger partial charge on any atom is -0.369 e. The van der Waals surface area contributed by atoms with Crippen LogP contribution in [0.1, 0.15) is 68.2 Å². The second-order valence-electron chi connectivity index (χ2n) is 8.42. The van der Waals surface area contributed by atoms with Gasteiger partial charge in [0.1, 0.15) is 17.8 Å². The van der Waals surface area contributed by atoms with E-state index in [1.54, 1.807) is 20.8 Å². The van der Waals surface area contributed by atoms with Crippen molar-refractivity contribution in [3.05, 3.63) is 0 Å². The fourth-order valence-corrected chi connectivity index (χ4v) is 2.42. The van der Waals surface area contributed by atoms with Gasteiger partial charge in [-0.05, 0) is 54.4 Å². The van der Waals surface area contributed by atoms with Crippen molar-refractivity contribution in [2.75, 3.05) is 13.2 Å². The van der Waals surface area contributed by atoms with Crippen molar-refractivity contribution < 1.29 is 31.8 Å². The van der Waals surface area contributed by atoms with Gasteiger partial charge < -0.3 is 14.2 Å². The van der Waals surface area contributed by atoms with Crippen LogP contribution in [0.25, 0.3) is 0 Å². The first-order valence-electron chi connectivity index (χ1n) is 9.13. The molecular weight excluding hydrogens is 364 g/mol. The molecule has 0 aromatic carbocycles. The van der Waals surface area contributed by atoms with E-state index < -0.39 is 34.8 Å². The van der Waals surface area contributed by atoms with Crippen molar-refractivity contribution >= 4 is 0 Å². The Labute approximate surface area is 161 Å². The summed E-state index contributed by atoms with van der Waals surface area (Å²) in [5, 5.41) is 0. The molecule has 0 aliphatic carbocycles. The van der Waals surface area contributed by atoms with E-state index in [4.69, 9.17) is 15.9 Å². The van der Waals surface area contributed by atoms with E-state index in [1.165, 1.54) is 6.92 Å². The Bertz CT molecular complexity index is 508. The molecule has 0 radical (unpaired) electrons. The summed E-state index contributed by atoms with van der Waals surface area (Å²) < 4.78 is 73.8. The molecule has 1 unspecified atom stereocenters. The van der Waals surface area contributed by atoms with E-state index in [0.717, 1.165) is 27.7 Å². The zero-order valence-corrected chi connectivity index (χ0v) is 17.7. The average molecular weight is 398 g/mol. The van der Waals surface area contributed by atoms with Crippen LogP contribution in [0.15, 0.2) is 0 Å². The molecule has 0 spiro atoms. The van der Waals surface area contributed by atoms with Crippen molar-refractivity contribution in [1.82, 2.24) is 0 Å². The van der Waals surface area contributed by atoms with Gasteiger partial charge >= 0.3 is 12.0 Å². The minimum absolute atomic E-state index is 0.0575. The Hall–Kier alpha value is -0.840. The lowest BCUT2D eigenvalue weighted by Gasteiger charge is -2.45. The van der Waals surface area contributed by atoms with Gasteiger partial charge in [0.25, 0.3) is 0 Å². The highest BCUT2D eigenvalue weighted by atomic mass is 19.3. The summed E-state index contributed by atoms with van der Waals surface area (Å²) in [4.78, 5) is 0. The molecule has 0 aromatic heterocycles. The minimum atomic E-state index is -3.69. The molecule has 0 saturated carbocycles. The summed E-state index contributed by atoms with van der Waals surface area (Å²) in [5.41, 5.74) is -5.14. The second kappa shape index (κ2) is 9.11. The van der Waals surface area contributed by atoms with Crippen LogP contribution in [0.4, 0.5) is 17.6 Å². The highest BCUT2D eigenvalue weighted by molar-refractivity contribution is 5.00. The lowest BCUT2D eigenvalue weighted by Crippen LogP contribution is -2.61. The van der Waals surface area contributed by atoms with Gasteiger partial charge in [0.05, 0.1) is 12.2 Å². The Morgan fingerprint density at radius 1 is 0.926 bits per heavy atom. The molecule has 0 aliphatic heterocycles. The van der Waals surface area contributed by atoms with E-state index in [9.17, 15) is 8.78 Å². The normalized spacial score (nSPS) is 15.5. The Morgan fingerprint density at radius 3 is 1.89 bits per heavy atom. The van der Waals surface area contributed by atoms with Crippen molar-refractivity contribution in [3.8, 4) is 12.3 Å². The third-order valence-electron chi connectivity index (χ3n) is 4.80. The van der Waals surface area contributed by atoms with Crippen molar-refractivity contribution in [3.63, 3.8) is 0 Å². The van der Waals surface area contributed by atoms with E-state index in [1.807, 2.05) is 0 Å². The van der Waals surface area contributed by atoms with Crippen LogP contribution in [-0.2, 0) is 14.2 Å². The van der Waals surface area contributed by atoms with Crippen molar-refractivity contribution in [2.45, 2.75) is 97.1 Å². The second-order valence-corrected chi connectivity index (χ2v) is 8.42. The van der Waals surface area contributed by atoms with Gasteiger partial charge in [0, 0.05) is 5.92 Å². The maximum Gasteiger partial charge on any atom is 0.358 e. The van der Waals surface area contributed by atoms with Crippen LogP contribution in [0.2, 0.25) is 0 Å². The van der Waals surface area contributed by atoms with Crippen LogP contribution < -0.4 is 0 Å². The lowest BCUT2D eigenvalue weighted by molar-refractivity contribution is -0.372. The fraction of sp³-hybridized carbons (Fsp3) is 0.900. The Balaban J connectivity index is 5.16. The number of alkyl halides is 4. The van der Waals surface area contributed by atoms with Gasteiger partial charge in [0.15, 0.2) is 0 Å². The zero-order valence-electron chi connectivity index (χ0n) is 17.7. The van der Waals surface area contributed by atoms with E-state index in [2.05, 4.69) is 10.7 Å². The first-order chi connectivity index (χ1) is 12.0. The summed E-state index contributed by atoms with van der Waals surface area (Å²) >= 11 is 0. The summed E-state index contributed by atoms with van der Waals surface area (Å²) in [5.74, 6) is -2.54. The molecule has 7 heteroatoms. The van der Waals surface area contributed by atoms with Gasteiger partial charge in [0.2, 0.25) is 0 Å². The van der Waals surface area contributed by atoms with Crippen molar-refractivity contribution in [2.24, 2.45) is 5.92 Å². The molecule has 0 N–H and O–H groups in total. The van der Waals surface area contributed by atoms with Crippen molar-refractivity contribution in [1.29, 1.82) is 0 Å². The number of terminal acetylenes is 1. The van der Waals surface area contributed by atoms with Crippen LogP contribution in [0, 0.1) is 18.3 Å². The van der Waals surface area contributed by atoms with E-state index >= 15 is 8.78 Å². The highest BCUT2D eigenvalue weighted by Gasteiger charge is 2.62. The van der Waals surface area contributed by atoms with E-state index in [-0.39, 0.29) is 19.6 Å². The predicted molar refractivity (Wildman–Crippen MR) is 98.0 cm³/mol. The van der Waals surface area contributed by atoms with Gasteiger partial charge in [-0.25, -0.2) is 8.78 Å². The van der Waals surface area contributed by atoms with Crippen LogP contribution >= 0.6 is 0 Å². The Kier molecular flexibility index (Phi) is 8.82. The maximum absolute atomic E-state index is 15.1. The quantitative estimate of drug-likeness (QED) is 0.313. The van der Waals surface area contributed by atoms with Gasteiger partial charge in [-0.2, -0.15) is 8.78 Å². The molecule has 0 fully saturated rings. The molecule has 1 atom stereocenters. The third kappa shape index (κ3) is 6.92. The largest absolute Gasteiger partial charge is 0.369 e. The van der Waals surface area contributed by atoms with Crippen LogP contribution in [0.3, 0.4) is 0 Å². The lowest BCUT2D eigenvalue weighted by atomic mass is 9.86. The summed E-state index contributed by atoms with van der Waals surface area (Å²) in [6, 6.07) is 0. The maximum atomic E-state index is 15.1. The summed E-state index contributed by atoms with van der Waals surface area (Å²) in [7, 11) is 0. The number of halogens is 4. The molecule has 27 heavy (non-hydrogen) atoms. The van der Waals surface area contributed by atoms with Gasteiger partial charge in [-0.1, -0.05) is 19.8 Å². The Morgan fingerprint density at radius 2 is 1.44 bits per heavy atom. The number of hydrogen-bond donors (Lipinski definition) is 0. The molecule has 0 amide bonds. The predicted octanol–water partition coefficient (Wildman–Crippen LogP) is 5.67. The van der Waals surface area contributed by atoms with Gasteiger partial charge in [-0.3, -0.25) is 0 Å². The van der Waals surface area contributed by atoms with Gasteiger partial charge in [-0.15, -0.1) is 6.42 Å². The van der Waals surface area contributed by atoms with Crippen LogP contribution in [-0.4, -0.2) is 42.0 Å². The molecule has 0 rings (SSSR count). The highest BCUT2D eigenvalue weighted by Crippen LogP contribution is 2.46. The number of hydrogen-bond acceptors (Lipinski definition) is 3. The third-order valence-corrected chi connectivity index (χ3v) is 4.80. The number of ether oxygens (including phenoxy) is 3. The first kappa shape index (κ1) is 26.2. The molecule has 0 aromatic rings. The average Bonchev–Trinajstić information content (AvgIpc) is 2.50. The molecule has 0 aliphatic rings. The standard InChI is InChI=1S/C20H34F4O3/c1-10-13-25-16(4,5)12-14-26-17(6,7)20(23,24)18(8,9)27-19(21,22)15(3)11-2/h1,15H,11-14H2,2-9H3. The molecule has 3 nitrogen and oxygen atoms in total. The fourth-order valence-electron chi connectivity index (χ4n) is 2.42. The van der Waals surface area contributed by atoms with Crippen LogP contribution in [0.5, 0.6) is 0 Å². The molecule has 160 valence electrons. The molecule has 0 heterocycles. The molecule has 0 bridgehead atoms. The molecular formula is C20H34F4O3. The zero-order chi connectivity index (χ0) is 21.7. The SMILES string of the molecule is C#CCOC(C)(C)CCOC(C)(C)C(F)(F)C(C)(C)OC(F)(F)C(C)CC. The molecule has 0 saturated heterocycles. The smallest absolute Gasteiger partial charge is 0.358 e. The first-order valence-corrected chi connectivity index (χ1v) is 9.13. The van der Waals surface area contributed by atoms with E-state index in [0.29, 0.717) is 6.42 Å². The summed E-state index contributed by atoms with van der Waals surface area (Å²) in [6.45, 7) is 10.6. The topological polar surface area (TPSA) is 27.7 Å². The monoisotopic (exact) mass is 398 g/mol.